The summed E-state index contributed by atoms with van der Waals surface area (Å²) in [6.07, 6.45) is 0.550. The molecule has 3 heteroatoms. The van der Waals surface area contributed by atoms with E-state index in [1.807, 2.05) is 0 Å². The fraction of sp³-hybridized carbons (Fsp3) is 0.212. The van der Waals surface area contributed by atoms with E-state index in [1.54, 1.807) is 0 Å². The van der Waals surface area contributed by atoms with Crippen molar-refractivity contribution in [3.8, 4) is 22.4 Å². The van der Waals surface area contributed by atoms with E-state index in [2.05, 4.69) is 127 Å². The minimum absolute atomic E-state index is 0.455. The Bertz CT molecular complexity index is 1420. The van der Waals surface area contributed by atoms with Crippen LogP contribution in [0.15, 0.2) is 103 Å². The number of aromatic nitrogens is 1. The lowest BCUT2D eigenvalue weighted by Crippen LogP contribution is -2.87. The molecule has 4 aromatic carbocycles. The smallest absolute Gasteiger partial charge is 0.121 e. The van der Waals surface area contributed by atoms with Crippen molar-refractivity contribution in [2.24, 2.45) is 0 Å². The van der Waals surface area contributed by atoms with Gasteiger partial charge in [0.2, 0.25) is 0 Å². The zero-order valence-electron chi connectivity index (χ0n) is 21.2. The Morgan fingerprint density at radius 3 is 2.06 bits per heavy atom. The van der Waals surface area contributed by atoms with Gasteiger partial charge < -0.3 is 15.0 Å². The van der Waals surface area contributed by atoms with Crippen molar-refractivity contribution < 1.29 is 10.4 Å². The summed E-state index contributed by atoms with van der Waals surface area (Å²) in [6, 6.07) is 36.4. The first-order valence-corrected chi connectivity index (χ1v) is 12.9. The first-order chi connectivity index (χ1) is 17.6. The Labute approximate surface area is 214 Å². The monoisotopic (exact) mass is 475 g/mol. The summed E-state index contributed by atoms with van der Waals surface area (Å²) in [5.74, 6) is 0. The van der Waals surface area contributed by atoms with Crippen molar-refractivity contribution in [2.75, 3.05) is 13.1 Å². The number of fused-ring (bicyclic) bond motifs is 1. The minimum atomic E-state index is -0.455. The van der Waals surface area contributed by atoms with Gasteiger partial charge in [-0.05, 0) is 42.2 Å². The fourth-order valence-corrected chi connectivity index (χ4v) is 5.37. The van der Waals surface area contributed by atoms with E-state index in [4.69, 9.17) is 0 Å². The van der Waals surface area contributed by atoms with Crippen LogP contribution in [0.5, 0.6) is 0 Å². The molecular weight excluding hydrogens is 440 g/mol. The molecule has 0 fully saturated rings. The predicted molar refractivity (Wildman–Crippen MR) is 150 cm³/mol. The molecule has 36 heavy (non-hydrogen) atoms. The Balaban J connectivity index is 1.52. The molecule has 1 atom stereocenters. The van der Waals surface area contributed by atoms with Gasteiger partial charge in [-0.2, -0.15) is 0 Å². The zero-order valence-corrected chi connectivity index (χ0v) is 21.2. The third-order valence-corrected chi connectivity index (χ3v) is 6.91. The lowest BCUT2D eigenvalue weighted by atomic mass is 9.97. The van der Waals surface area contributed by atoms with Crippen LogP contribution in [0.2, 0.25) is 0 Å². The molecule has 0 radical (unpaired) electrons. The molecule has 182 valence electrons. The maximum Gasteiger partial charge on any atom is 0.121 e. The Morgan fingerprint density at radius 2 is 1.39 bits per heavy atom. The molecule has 3 nitrogen and oxygen atoms in total. The molecule has 0 aliphatic carbocycles. The molecule has 0 bridgehead atoms. The average Bonchev–Trinajstić information content (AvgIpc) is 3.22. The van der Waals surface area contributed by atoms with Crippen LogP contribution < -0.4 is 5.32 Å². The first-order valence-electron chi connectivity index (χ1n) is 12.9. The van der Waals surface area contributed by atoms with Crippen LogP contribution in [-0.2, 0) is 13.0 Å². The second-order valence-electron chi connectivity index (χ2n) is 9.75. The van der Waals surface area contributed by atoms with Gasteiger partial charge in [0, 0.05) is 17.4 Å². The number of nitrogens with two attached hydrogens (primary N) is 1. The van der Waals surface area contributed by atoms with E-state index in [1.165, 1.54) is 50.0 Å². The fourth-order valence-electron chi connectivity index (χ4n) is 5.37. The van der Waals surface area contributed by atoms with Crippen molar-refractivity contribution in [1.29, 1.82) is 0 Å². The number of nitrogens with zero attached hydrogens (tertiary/aromatic N) is 1. The summed E-state index contributed by atoms with van der Waals surface area (Å²) < 4.78 is 2.36. The van der Waals surface area contributed by atoms with Crippen molar-refractivity contribution >= 4 is 10.9 Å². The number of aliphatic hydroxyl groups is 1. The highest BCUT2D eigenvalue weighted by Gasteiger charge is 2.23. The summed E-state index contributed by atoms with van der Waals surface area (Å²) >= 11 is 0. The molecule has 0 spiro atoms. The van der Waals surface area contributed by atoms with Gasteiger partial charge in [-0.15, -0.1) is 0 Å². The van der Waals surface area contributed by atoms with Gasteiger partial charge in [-0.25, -0.2) is 0 Å². The van der Waals surface area contributed by atoms with Gasteiger partial charge in [0.05, 0.1) is 24.3 Å². The molecule has 3 N–H and O–H groups in total. The number of quaternary nitrogens is 1. The van der Waals surface area contributed by atoms with E-state index < -0.39 is 6.10 Å². The number of rotatable bonds is 9. The molecule has 0 saturated heterocycles. The maximum atomic E-state index is 11.2. The lowest BCUT2D eigenvalue weighted by Gasteiger charge is -2.17. The Kier molecular flexibility index (Phi) is 7.31. The van der Waals surface area contributed by atoms with Crippen molar-refractivity contribution in [3.05, 3.63) is 120 Å². The van der Waals surface area contributed by atoms with Gasteiger partial charge in [-0.1, -0.05) is 103 Å². The van der Waals surface area contributed by atoms with Crippen molar-refractivity contribution in [1.82, 2.24) is 4.57 Å². The van der Waals surface area contributed by atoms with Crippen LogP contribution >= 0.6 is 0 Å². The average molecular weight is 476 g/mol. The highest BCUT2D eigenvalue weighted by molar-refractivity contribution is 6.06. The number of benzene rings is 4. The topological polar surface area (TPSA) is 41.8 Å². The minimum Gasteiger partial charge on any atom is -0.385 e. The largest absolute Gasteiger partial charge is 0.385 e. The molecule has 0 aliphatic heterocycles. The summed E-state index contributed by atoms with van der Waals surface area (Å²) in [4.78, 5) is 0. The van der Waals surface area contributed by atoms with Crippen molar-refractivity contribution in [2.45, 2.75) is 32.9 Å². The molecule has 5 aromatic rings. The van der Waals surface area contributed by atoms with E-state index in [9.17, 15) is 5.11 Å². The van der Waals surface area contributed by atoms with Gasteiger partial charge in [0.1, 0.15) is 12.6 Å². The number of aliphatic hydroxyl groups excluding tert-OH is 1. The summed E-state index contributed by atoms with van der Waals surface area (Å²) in [5.41, 5.74) is 9.83. The molecule has 0 saturated carbocycles. The van der Waals surface area contributed by atoms with E-state index >= 15 is 0 Å². The van der Waals surface area contributed by atoms with Crippen LogP contribution in [0.25, 0.3) is 33.3 Å². The van der Waals surface area contributed by atoms with Crippen LogP contribution in [0.4, 0.5) is 0 Å². The predicted octanol–water partition coefficient (Wildman–Crippen LogP) is 5.76. The number of hydrogen-bond acceptors (Lipinski definition) is 1. The molecule has 0 aliphatic rings. The van der Waals surface area contributed by atoms with E-state index in [0.717, 1.165) is 13.0 Å². The maximum absolute atomic E-state index is 11.2. The van der Waals surface area contributed by atoms with E-state index in [0.29, 0.717) is 13.1 Å². The summed E-state index contributed by atoms with van der Waals surface area (Å²) in [5, 5.41) is 14.7. The first kappa shape index (κ1) is 24.1. The van der Waals surface area contributed by atoms with Crippen LogP contribution in [0, 0.1) is 13.8 Å². The molecular formula is C33H35N2O+. The standard InChI is InChI=1S/C33H34N2O/c1-24-20-25(2)32-30(21-24)31(27-14-8-4-9-15-27)33(28-16-10-5-11-17-28)35(32)23-29(36)22-34-19-18-26-12-6-3-7-13-26/h3-17,20-21,29,34,36H,18-19,22-23H2,1-2H3/p+1/t29-/m0/s1. The van der Waals surface area contributed by atoms with Crippen LogP contribution in [-0.4, -0.2) is 28.9 Å². The highest BCUT2D eigenvalue weighted by atomic mass is 16.3. The second-order valence-corrected chi connectivity index (χ2v) is 9.75. The van der Waals surface area contributed by atoms with E-state index in [-0.39, 0.29) is 0 Å². The number of aryl methyl sites for hydroxylation is 2. The van der Waals surface area contributed by atoms with Crippen LogP contribution in [0.1, 0.15) is 16.7 Å². The lowest BCUT2D eigenvalue weighted by molar-refractivity contribution is -0.660. The van der Waals surface area contributed by atoms with Crippen LogP contribution in [0.3, 0.4) is 0 Å². The summed E-state index contributed by atoms with van der Waals surface area (Å²) in [6.45, 7) is 6.54. The van der Waals surface area contributed by atoms with Gasteiger partial charge in [0.25, 0.3) is 0 Å². The van der Waals surface area contributed by atoms with Crippen molar-refractivity contribution in [3.63, 3.8) is 0 Å². The third kappa shape index (κ3) is 5.13. The summed E-state index contributed by atoms with van der Waals surface area (Å²) in [7, 11) is 0. The third-order valence-electron chi connectivity index (χ3n) is 6.91. The SMILES string of the molecule is Cc1cc(C)c2c(c1)c(-c1ccccc1)c(-c1ccccc1)n2C[C@@H](O)C[NH2+]CCc1ccccc1. The van der Waals surface area contributed by atoms with Gasteiger partial charge in [0.15, 0.2) is 0 Å². The number of hydrogen-bond donors (Lipinski definition) is 2. The second kappa shape index (κ2) is 10.9. The molecule has 1 aromatic heterocycles. The molecule has 5 rings (SSSR count). The highest BCUT2D eigenvalue weighted by Crippen LogP contribution is 2.42. The molecule has 0 unspecified atom stereocenters. The Morgan fingerprint density at radius 1 is 0.778 bits per heavy atom. The normalized spacial score (nSPS) is 12.2. The van der Waals surface area contributed by atoms with Gasteiger partial charge >= 0.3 is 0 Å². The Hall–Kier alpha value is -3.66. The quantitative estimate of drug-likeness (QED) is 0.262. The molecule has 1 heterocycles. The molecule has 0 amide bonds. The zero-order chi connectivity index (χ0) is 24.9. The van der Waals surface area contributed by atoms with Gasteiger partial charge in [-0.3, -0.25) is 0 Å².